The molecule has 2 saturated heterocycles. The van der Waals surface area contributed by atoms with Crippen LogP contribution >= 0.6 is 0 Å². The SMILES string of the molecule is c1cc(N2CC(CNC3CCOC3)C2)nnc1C1CC1. The van der Waals surface area contributed by atoms with E-state index in [2.05, 4.69) is 32.5 Å². The topological polar surface area (TPSA) is 50.3 Å². The molecule has 0 bridgehead atoms. The highest BCUT2D eigenvalue weighted by atomic mass is 16.5. The molecule has 1 N–H and O–H groups in total. The normalized spacial score (nSPS) is 26.8. The predicted octanol–water partition coefficient (Wildman–Crippen LogP) is 1.17. The molecule has 3 aliphatic rings. The van der Waals surface area contributed by atoms with Crippen molar-refractivity contribution < 1.29 is 4.74 Å². The van der Waals surface area contributed by atoms with Crippen LogP contribution in [0.2, 0.25) is 0 Å². The lowest BCUT2D eigenvalue weighted by Crippen LogP contribution is -2.52. The second-order valence-electron chi connectivity index (χ2n) is 6.33. The smallest absolute Gasteiger partial charge is 0.151 e. The van der Waals surface area contributed by atoms with Crippen molar-refractivity contribution in [3.8, 4) is 0 Å². The molecule has 108 valence electrons. The van der Waals surface area contributed by atoms with Gasteiger partial charge in [-0.25, -0.2) is 0 Å². The van der Waals surface area contributed by atoms with E-state index in [1.54, 1.807) is 0 Å². The Morgan fingerprint density at radius 3 is 2.75 bits per heavy atom. The second kappa shape index (κ2) is 5.30. The Hall–Kier alpha value is -1.20. The third kappa shape index (κ3) is 2.65. The average molecular weight is 274 g/mol. The molecule has 5 heteroatoms. The number of hydrogen-bond acceptors (Lipinski definition) is 5. The fourth-order valence-electron chi connectivity index (χ4n) is 3.02. The van der Waals surface area contributed by atoms with Crippen molar-refractivity contribution in [2.45, 2.75) is 31.2 Å². The van der Waals surface area contributed by atoms with Crippen molar-refractivity contribution in [3.05, 3.63) is 17.8 Å². The van der Waals surface area contributed by atoms with Crippen LogP contribution in [0.3, 0.4) is 0 Å². The Morgan fingerprint density at radius 2 is 2.10 bits per heavy atom. The summed E-state index contributed by atoms with van der Waals surface area (Å²) in [4.78, 5) is 2.32. The van der Waals surface area contributed by atoms with Gasteiger partial charge in [0.15, 0.2) is 5.82 Å². The molecule has 0 amide bonds. The highest BCUT2D eigenvalue weighted by Crippen LogP contribution is 2.38. The first-order valence-corrected chi connectivity index (χ1v) is 7.78. The molecule has 1 saturated carbocycles. The molecule has 1 unspecified atom stereocenters. The van der Waals surface area contributed by atoms with Gasteiger partial charge in [0, 0.05) is 44.1 Å². The van der Waals surface area contributed by atoms with Crippen LogP contribution in [0, 0.1) is 5.92 Å². The van der Waals surface area contributed by atoms with E-state index in [1.807, 2.05) is 0 Å². The monoisotopic (exact) mass is 274 g/mol. The molecule has 1 aliphatic carbocycles. The van der Waals surface area contributed by atoms with Gasteiger partial charge in [0.1, 0.15) is 0 Å². The lowest BCUT2D eigenvalue weighted by molar-refractivity contribution is 0.188. The van der Waals surface area contributed by atoms with Crippen LogP contribution in [0.5, 0.6) is 0 Å². The number of nitrogens with one attached hydrogen (secondary N) is 1. The Kier molecular flexibility index (Phi) is 3.32. The summed E-state index contributed by atoms with van der Waals surface area (Å²) < 4.78 is 5.38. The molecular formula is C15H22N4O. The summed E-state index contributed by atoms with van der Waals surface area (Å²) in [6.45, 7) is 5.08. The van der Waals surface area contributed by atoms with E-state index in [0.717, 1.165) is 51.0 Å². The molecule has 0 spiro atoms. The average Bonchev–Trinajstić information content (AvgIpc) is 3.15. The molecule has 5 nitrogen and oxygen atoms in total. The summed E-state index contributed by atoms with van der Waals surface area (Å²) >= 11 is 0. The quantitative estimate of drug-likeness (QED) is 0.873. The van der Waals surface area contributed by atoms with Crippen LogP contribution in [0.1, 0.15) is 30.9 Å². The minimum atomic E-state index is 0.571. The van der Waals surface area contributed by atoms with Gasteiger partial charge in [-0.15, -0.1) is 5.10 Å². The Balaban J connectivity index is 1.23. The van der Waals surface area contributed by atoms with Crippen LogP contribution in [-0.2, 0) is 4.74 Å². The largest absolute Gasteiger partial charge is 0.380 e. The van der Waals surface area contributed by atoms with Crippen LogP contribution in [-0.4, -0.2) is 49.1 Å². The maximum absolute atomic E-state index is 5.38. The van der Waals surface area contributed by atoms with Crippen molar-refractivity contribution >= 4 is 5.82 Å². The minimum Gasteiger partial charge on any atom is -0.380 e. The summed E-state index contributed by atoms with van der Waals surface area (Å²) in [6.07, 6.45) is 3.73. The summed E-state index contributed by atoms with van der Waals surface area (Å²) in [5.41, 5.74) is 1.17. The molecular weight excluding hydrogens is 252 g/mol. The summed E-state index contributed by atoms with van der Waals surface area (Å²) in [6, 6.07) is 4.86. The number of aromatic nitrogens is 2. The number of anilines is 1. The highest BCUT2D eigenvalue weighted by molar-refractivity contribution is 5.41. The highest BCUT2D eigenvalue weighted by Gasteiger charge is 2.30. The van der Waals surface area contributed by atoms with E-state index >= 15 is 0 Å². The first kappa shape index (κ1) is 12.5. The maximum Gasteiger partial charge on any atom is 0.151 e. The zero-order valence-electron chi connectivity index (χ0n) is 11.8. The zero-order chi connectivity index (χ0) is 13.4. The molecule has 1 aromatic rings. The third-order valence-corrected chi connectivity index (χ3v) is 4.57. The molecule has 0 radical (unpaired) electrons. The first-order valence-electron chi connectivity index (χ1n) is 7.78. The van der Waals surface area contributed by atoms with Gasteiger partial charge in [-0.1, -0.05) is 0 Å². The molecule has 1 aromatic heterocycles. The van der Waals surface area contributed by atoms with Crippen LogP contribution in [0.4, 0.5) is 5.82 Å². The van der Waals surface area contributed by atoms with Crippen molar-refractivity contribution in [1.29, 1.82) is 0 Å². The predicted molar refractivity (Wildman–Crippen MR) is 76.9 cm³/mol. The number of ether oxygens (including phenoxy) is 1. The Bertz CT molecular complexity index is 447. The molecule has 4 rings (SSSR count). The van der Waals surface area contributed by atoms with Gasteiger partial charge in [0.2, 0.25) is 0 Å². The fourth-order valence-corrected chi connectivity index (χ4v) is 3.02. The van der Waals surface area contributed by atoms with Gasteiger partial charge in [-0.05, 0) is 31.4 Å². The molecule has 20 heavy (non-hydrogen) atoms. The van der Waals surface area contributed by atoms with Crippen LogP contribution in [0.25, 0.3) is 0 Å². The van der Waals surface area contributed by atoms with Gasteiger partial charge < -0.3 is 15.0 Å². The van der Waals surface area contributed by atoms with E-state index in [0.29, 0.717) is 12.0 Å². The molecule has 2 aliphatic heterocycles. The molecule has 1 atom stereocenters. The lowest BCUT2D eigenvalue weighted by Gasteiger charge is -2.40. The zero-order valence-corrected chi connectivity index (χ0v) is 11.8. The number of rotatable bonds is 5. The third-order valence-electron chi connectivity index (χ3n) is 4.57. The summed E-state index contributed by atoms with van der Waals surface area (Å²) in [7, 11) is 0. The summed E-state index contributed by atoms with van der Waals surface area (Å²) in [5.74, 6) is 2.47. The van der Waals surface area contributed by atoms with Gasteiger partial charge in [0.25, 0.3) is 0 Å². The standard InChI is InChI=1S/C15H22N4O/c1-2-12(1)14-3-4-15(18-17-14)19-8-11(9-19)7-16-13-5-6-20-10-13/h3-4,11-13,16H,1-2,5-10H2. The first-order chi connectivity index (χ1) is 9.88. The van der Waals surface area contributed by atoms with Gasteiger partial charge >= 0.3 is 0 Å². The van der Waals surface area contributed by atoms with Crippen molar-refractivity contribution in [2.75, 3.05) is 37.7 Å². The molecule has 0 aromatic carbocycles. The summed E-state index contributed by atoms with van der Waals surface area (Å²) in [5, 5.41) is 12.3. The van der Waals surface area contributed by atoms with Crippen molar-refractivity contribution in [1.82, 2.24) is 15.5 Å². The van der Waals surface area contributed by atoms with Gasteiger partial charge in [-0.2, -0.15) is 5.10 Å². The minimum absolute atomic E-state index is 0.571. The van der Waals surface area contributed by atoms with E-state index in [9.17, 15) is 0 Å². The van der Waals surface area contributed by atoms with E-state index in [1.165, 1.54) is 18.5 Å². The second-order valence-corrected chi connectivity index (χ2v) is 6.33. The van der Waals surface area contributed by atoms with Gasteiger partial charge in [0.05, 0.1) is 12.3 Å². The van der Waals surface area contributed by atoms with Crippen molar-refractivity contribution in [2.24, 2.45) is 5.92 Å². The molecule has 3 heterocycles. The Morgan fingerprint density at radius 1 is 1.20 bits per heavy atom. The van der Waals surface area contributed by atoms with Crippen LogP contribution in [0.15, 0.2) is 12.1 Å². The fraction of sp³-hybridized carbons (Fsp3) is 0.733. The van der Waals surface area contributed by atoms with Crippen molar-refractivity contribution in [3.63, 3.8) is 0 Å². The van der Waals surface area contributed by atoms with E-state index in [4.69, 9.17) is 4.74 Å². The van der Waals surface area contributed by atoms with Gasteiger partial charge in [-0.3, -0.25) is 0 Å². The van der Waals surface area contributed by atoms with E-state index in [-0.39, 0.29) is 0 Å². The number of nitrogens with zero attached hydrogens (tertiary/aromatic N) is 3. The van der Waals surface area contributed by atoms with E-state index < -0.39 is 0 Å². The Labute approximate surface area is 119 Å². The maximum atomic E-state index is 5.38. The number of hydrogen-bond donors (Lipinski definition) is 1. The molecule has 3 fully saturated rings. The van der Waals surface area contributed by atoms with Crippen LogP contribution < -0.4 is 10.2 Å². The lowest BCUT2D eigenvalue weighted by atomic mass is 9.99.